The van der Waals surface area contributed by atoms with E-state index < -0.39 is 0 Å². The molecule has 2 heterocycles. The summed E-state index contributed by atoms with van der Waals surface area (Å²) in [5.41, 5.74) is 3.60. The molecule has 136 valence electrons. The molecule has 5 nitrogen and oxygen atoms in total. The second-order valence-corrected chi connectivity index (χ2v) is 6.55. The number of hydrogen-bond acceptors (Lipinski definition) is 3. The van der Waals surface area contributed by atoms with Crippen LogP contribution in [0.4, 0.5) is 0 Å². The third-order valence-electron chi connectivity index (χ3n) is 4.69. The fourth-order valence-electron chi connectivity index (χ4n) is 3.17. The number of aromatic nitrogens is 4. The maximum Gasteiger partial charge on any atom is 0.105 e. The molecule has 5 heteroatoms. The molecular formula is C21H27N5. The van der Waals surface area contributed by atoms with Gasteiger partial charge in [-0.25, -0.2) is 4.98 Å². The number of benzene rings is 1. The molecule has 0 saturated carbocycles. The first-order chi connectivity index (χ1) is 12.7. The molecule has 1 atom stereocenters. The van der Waals surface area contributed by atoms with Crippen molar-refractivity contribution in [3.63, 3.8) is 0 Å². The van der Waals surface area contributed by atoms with E-state index in [-0.39, 0.29) is 6.04 Å². The molecule has 3 rings (SSSR count). The van der Waals surface area contributed by atoms with Gasteiger partial charge < -0.3 is 9.88 Å². The number of imidazole rings is 1. The maximum absolute atomic E-state index is 4.54. The fourth-order valence-corrected chi connectivity index (χ4v) is 3.17. The lowest BCUT2D eigenvalue weighted by molar-refractivity contribution is 0.458. The molecule has 0 amide bonds. The largest absolute Gasteiger partial charge is 0.335 e. The van der Waals surface area contributed by atoms with Gasteiger partial charge in [-0.3, -0.25) is 4.68 Å². The molecule has 0 bridgehead atoms. The number of aryl methyl sites for hydroxylation is 3. The van der Waals surface area contributed by atoms with E-state index in [1.54, 1.807) is 0 Å². The zero-order chi connectivity index (χ0) is 18.4. The monoisotopic (exact) mass is 349 g/mol. The van der Waals surface area contributed by atoms with Gasteiger partial charge in [0.1, 0.15) is 5.82 Å². The molecule has 0 saturated heterocycles. The van der Waals surface area contributed by atoms with Crippen LogP contribution in [0.5, 0.6) is 0 Å². The highest BCUT2D eigenvalue weighted by Gasteiger charge is 2.13. The van der Waals surface area contributed by atoms with Crippen molar-refractivity contribution < 1.29 is 0 Å². The molecule has 0 radical (unpaired) electrons. The number of hydrogen-bond donors (Lipinski definition) is 1. The van der Waals surface area contributed by atoms with Crippen molar-refractivity contribution in [1.29, 1.82) is 0 Å². The van der Waals surface area contributed by atoms with Crippen LogP contribution >= 0.6 is 0 Å². The Labute approximate surface area is 155 Å². The normalized spacial score (nSPS) is 12.2. The Hall–Kier alpha value is -2.66. The predicted molar refractivity (Wildman–Crippen MR) is 105 cm³/mol. The van der Waals surface area contributed by atoms with E-state index in [9.17, 15) is 0 Å². The lowest BCUT2D eigenvalue weighted by atomic mass is 10.0. The van der Waals surface area contributed by atoms with Crippen molar-refractivity contribution in [2.24, 2.45) is 0 Å². The van der Waals surface area contributed by atoms with Gasteiger partial charge in [-0.15, -0.1) is 6.58 Å². The van der Waals surface area contributed by atoms with E-state index in [1.807, 2.05) is 30.1 Å². The van der Waals surface area contributed by atoms with Crippen LogP contribution in [0, 0.1) is 13.8 Å². The van der Waals surface area contributed by atoms with Crippen molar-refractivity contribution in [3.05, 3.63) is 84.2 Å². The lowest BCUT2D eigenvalue weighted by Gasteiger charge is -2.20. The van der Waals surface area contributed by atoms with Crippen LogP contribution < -0.4 is 5.32 Å². The van der Waals surface area contributed by atoms with E-state index in [4.69, 9.17) is 0 Å². The van der Waals surface area contributed by atoms with Gasteiger partial charge in [-0.2, -0.15) is 5.10 Å². The first-order valence-corrected chi connectivity index (χ1v) is 9.07. The minimum Gasteiger partial charge on any atom is -0.335 e. The van der Waals surface area contributed by atoms with Gasteiger partial charge in [0.25, 0.3) is 0 Å². The first-order valence-electron chi connectivity index (χ1n) is 9.07. The van der Waals surface area contributed by atoms with E-state index in [0.29, 0.717) is 0 Å². The molecule has 1 N–H and O–H groups in total. The van der Waals surface area contributed by atoms with Crippen molar-refractivity contribution in [1.82, 2.24) is 24.6 Å². The average molecular weight is 349 g/mol. The van der Waals surface area contributed by atoms with Crippen molar-refractivity contribution >= 4 is 0 Å². The number of nitrogens with zero attached hydrogens (tertiary/aromatic N) is 4. The highest BCUT2D eigenvalue weighted by atomic mass is 15.3. The van der Waals surface area contributed by atoms with Crippen molar-refractivity contribution in [2.45, 2.75) is 45.9 Å². The second kappa shape index (κ2) is 8.63. The Morgan fingerprint density at radius 1 is 1.23 bits per heavy atom. The standard InChI is InChI=1S/C21H27N5/c1-4-12-26-16-20(17(2)24-26)15-23-21(19-8-6-5-7-9-19)10-13-25-14-11-22-18(25)3/h4-9,11,14,16,21,23H,1,10,12-13,15H2,2-3H3. The van der Waals surface area contributed by atoms with Gasteiger partial charge in [0, 0.05) is 43.3 Å². The van der Waals surface area contributed by atoms with Crippen LogP contribution in [0.15, 0.2) is 61.6 Å². The summed E-state index contributed by atoms with van der Waals surface area (Å²) in [5, 5.41) is 8.26. The molecule has 1 aromatic carbocycles. The Kier molecular flexibility index (Phi) is 6.02. The summed E-state index contributed by atoms with van der Waals surface area (Å²) in [6.45, 7) is 10.4. The van der Waals surface area contributed by atoms with Gasteiger partial charge in [0.05, 0.1) is 12.2 Å². The molecule has 0 aliphatic carbocycles. The van der Waals surface area contributed by atoms with Gasteiger partial charge in [-0.1, -0.05) is 36.4 Å². The topological polar surface area (TPSA) is 47.7 Å². The molecule has 0 aliphatic rings. The number of nitrogens with one attached hydrogen (secondary N) is 1. The summed E-state index contributed by atoms with van der Waals surface area (Å²) in [6.07, 6.45) is 8.87. The number of allylic oxidation sites excluding steroid dienone is 1. The van der Waals surface area contributed by atoms with E-state index >= 15 is 0 Å². The summed E-state index contributed by atoms with van der Waals surface area (Å²) in [4.78, 5) is 4.32. The number of rotatable bonds is 9. The molecular weight excluding hydrogens is 322 g/mol. The summed E-state index contributed by atoms with van der Waals surface area (Å²) < 4.78 is 4.14. The second-order valence-electron chi connectivity index (χ2n) is 6.55. The zero-order valence-electron chi connectivity index (χ0n) is 15.6. The highest BCUT2D eigenvalue weighted by Crippen LogP contribution is 2.19. The first kappa shape index (κ1) is 18.1. The smallest absolute Gasteiger partial charge is 0.105 e. The Balaban J connectivity index is 1.69. The van der Waals surface area contributed by atoms with Gasteiger partial charge in [0.15, 0.2) is 0 Å². The highest BCUT2D eigenvalue weighted by molar-refractivity contribution is 5.20. The molecule has 1 unspecified atom stereocenters. The molecule has 3 aromatic rings. The summed E-state index contributed by atoms with van der Waals surface area (Å²) >= 11 is 0. The van der Waals surface area contributed by atoms with Gasteiger partial charge >= 0.3 is 0 Å². The van der Waals surface area contributed by atoms with E-state index in [1.165, 1.54) is 11.1 Å². The Morgan fingerprint density at radius 3 is 2.73 bits per heavy atom. The summed E-state index contributed by atoms with van der Waals surface area (Å²) in [7, 11) is 0. The quantitative estimate of drug-likeness (QED) is 0.598. The van der Waals surface area contributed by atoms with Crippen LogP contribution in [0.25, 0.3) is 0 Å². The molecule has 0 fully saturated rings. The van der Waals surface area contributed by atoms with Crippen LogP contribution in [-0.2, 0) is 19.6 Å². The molecule has 0 spiro atoms. The van der Waals surface area contributed by atoms with Crippen molar-refractivity contribution in [3.8, 4) is 0 Å². The molecule has 26 heavy (non-hydrogen) atoms. The van der Waals surface area contributed by atoms with E-state index in [0.717, 1.165) is 37.6 Å². The minimum absolute atomic E-state index is 0.278. The Morgan fingerprint density at radius 2 is 2.04 bits per heavy atom. The van der Waals surface area contributed by atoms with Crippen LogP contribution in [0.3, 0.4) is 0 Å². The third kappa shape index (κ3) is 4.49. The Bertz CT molecular complexity index is 831. The van der Waals surface area contributed by atoms with Crippen LogP contribution in [0.1, 0.15) is 35.1 Å². The third-order valence-corrected chi connectivity index (χ3v) is 4.69. The van der Waals surface area contributed by atoms with Crippen LogP contribution in [-0.4, -0.2) is 19.3 Å². The van der Waals surface area contributed by atoms with Crippen LogP contribution in [0.2, 0.25) is 0 Å². The van der Waals surface area contributed by atoms with Gasteiger partial charge in [0.2, 0.25) is 0 Å². The summed E-state index contributed by atoms with van der Waals surface area (Å²) in [6, 6.07) is 10.9. The fraction of sp³-hybridized carbons (Fsp3) is 0.333. The minimum atomic E-state index is 0.278. The zero-order valence-corrected chi connectivity index (χ0v) is 15.6. The maximum atomic E-state index is 4.54. The van der Waals surface area contributed by atoms with Gasteiger partial charge in [-0.05, 0) is 25.8 Å². The lowest BCUT2D eigenvalue weighted by Crippen LogP contribution is -2.22. The molecule has 2 aromatic heterocycles. The summed E-state index contributed by atoms with van der Waals surface area (Å²) in [5.74, 6) is 1.05. The molecule has 0 aliphatic heterocycles. The average Bonchev–Trinajstić information content (AvgIpc) is 3.21. The predicted octanol–water partition coefficient (Wildman–Crippen LogP) is 3.80. The SMILES string of the molecule is C=CCn1cc(CNC(CCn2ccnc2C)c2ccccc2)c(C)n1. The van der Waals surface area contributed by atoms with Crippen molar-refractivity contribution in [2.75, 3.05) is 0 Å². The van der Waals surface area contributed by atoms with E-state index in [2.05, 4.69) is 70.0 Å².